The van der Waals surface area contributed by atoms with E-state index in [0.717, 1.165) is 19.3 Å². The molecule has 0 aromatic rings. The van der Waals surface area contributed by atoms with E-state index in [2.05, 4.69) is 18.6 Å². The summed E-state index contributed by atoms with van der Waals surface area (Å²) in [5, 5.41) is 8.21. The first-order valence-electron chi connectivity index (χ1n) is 4.77. The van der Waals surface area contributed by atoms with Crippen molar-refractivity contribution in [1.29, 1.82) is 0 Å². The summed E-state index contributed by atoms with van der Waals surface area (Å²) < 4.78 is 0. The molecule has 7 heteroatoms. The standard InChI is InChI=1S/C7H14O2.CH6N4O/c1-2-3-4-5-6-7(8)9;2-4-1(6)5-3/h2-6H2,1H3,(H,8,9);2-3H2,(H2,4,5,6). The molecule has 0 saturated carbocycles. The summed E-state index contributed by atoms with van der Waals surface area (Å²) in [6.07, 6.45) is 4.55. The smallest absolute Gasteiger partial charge is 0.343 e. The number of amides is 2. The van der Waals surface area contributed by atoms with Crippen LogP contribution in [0.2, 0.25) is 0 Å². The number of unbranched alkanes of at least 4 members (excludes halogenated alkanes) is 3. The van der Waals surface area contributed by atoms with Gasteiger partial charge in [-0.15, -0.1) is 0 Å². The van der Waals surface area contributed by atoms with E-state index in [9.17, 15) is 9.59 Å². The molecule has 0 aliphatic heterocycles. The van der Waals surface area contributed by atoms with Crippen molar-refractivity contribution in [2.24, 2.45) is 11.7 Å². The maximum atomic E-state index is 9.96. The van der Waals surface area contributed by atoms with Crippen LogP contribution >= 0.6 is 0 Å². The maximum absolute atomic E-state index is 9.96. The van der Waals surface area contributed by atoms with Gasteiger partial charge in [-0.25, -0.2) is 16.5 Å². The molecular weight excluding hydrogens is 200 g/mol. The largest absolute Gasteiger partial charge is 0.481 e. The Balaban J connectivity index is 0. The number of carbonyl (C=O) groups excluding carboxylic acids is 1. The molecule has 0 rings (SSSR count). The van der Waals surface area contributed by atoms with E-state index in [1.54, 1.807) is 10.9 Å². The molecule has 0 aromatic heterocycles. The van der Waals surface area contributed by atoms with Gasteiger partial charge in [0, 0.05) is 6.42 Å². The van der Waals surface area contributed by atoms with Crippen molar-refractivity contribution in [3.8, 4) is 0 Å². The zero-order valence-electron chi connectivity index (χ0n) is 8.95. The minimum Gasteiger partial charge on any atom is -0.481 e. The van der Waals surface area contributed by atoms with Crippen molar-refractivity contribution in [3.05, 3.63) is 0 Å². The molecule has 0 aliphatic carbocycles. The topological polar surface area (TPSA) is 130 Å². The summed E-state index contributed by atoms with van der Waals surface area (Å²) in [6, 6.07) is -0.602. The third kappa shape index (κ3) is 19.2. The molecular formula is C8H20N4O3. The van der Waals surface area contributed by atoms with Gasteiger partial charge >= 0.3 is 12.0 Å². The van der Waals surface area contributed by atoms with E-state index >= 15 is 0 Å². The van der Waals surface area contributed by atoms with Crippen LogP contribution in [0.4, 0.5) is 4.79 Å². The lowest BCUT2D eigenvalue weighted by molar-refractivity contribution is -0.137. The van der Waals surface area contributed by atoms with E-state index < -0.39 is 12.0 Å². The molecule has 2 amide bonds. The van der Waals surface area contributed by atoms with Crippen LogP contribution in [0, 0.1) is 0 Å². The first kappa shape index (κ1) is 16.1. The average molecular weight is 220 g/mol. The first-order valence-corrected chi connectivity index (χ1v) is 4.77. The number of nitrogens with two attached hydrogens (primary N) is 2. The summed E-state index contributed by atoms with van der Waals surface area (Å²) in [6.45, 7) is 2.11. The summed E-state index contributed by atoms with van der Waals surface area (Å²) in [4.78, 5) is 19.7. The number of carboxylic acid groups (broad SMARTS) is 1. The highest BCUT2D eigenvalue weighted by atomic mass is 16.4. The number of nitrogens with one attached hydrogen (secondary N) is 2. The molecule has 0 spiro atoms. The highest BCUT2D eigenvalue weighted by Crippen LogP contribution is 2.01. The van der Waals surface area contributed by atoms with Crippen molar-refractivity contribution in [2.75, 3.05) is 0 Å². The fraction of sp³-hybridized carbons (Fsp3) is 0.750. The van der Waals surface area contributed by atoms with E-state index in [0.29, 0.717) is 6.42 Å². The van der Waals surface area contributed by atoms with Crippen LogP contribution in [0.3, 0.4) is 0 Å². The SMILES string of the molecule is CCCCCCC(=O)O.NNC(=O)NN. The fourth-order valence-corrected chi connectivity index (χ4v) is 0.745. The van der Waals surface area contributed by atoms with E-state index in [1.165, 1.54) is 6.42 Å². The minimum absolute atomic E-state index is 0.333. The van der Waals surface area contributed by atoms with Crippen LogP contribution in [0.1, 0.15) is 39.0 Å². The Hall–Kier alpha value is -1.34. The van der Waals surface area contributed by atoms with Gasteiger partial charge in [-0.2, -0.15) is 0 Å². The number of hydrogen-bond donors (Lipinski definition) is 5. The Kier molecular flexibility index (Phi) is 13.6. The van der Waals surface area contributed by atoms with Gasteiger partial charge in [-0.1, -0.05) is 26.2 Å². The Bertz CT molecular complexity index is 169. The quantitative estimate of drug-likeness (QED) is 0.194. The molecule has 0 aromatic carbocycles. The van der Waals surface area contributed by atoms with Crippen molar-refractivity contribution < 1.29 is 14.7 Å². The molecule has 0 fully saturated rings. The monoisotopic (exact) mass is 220 g/mol. The molecule has 90 valence electrons. The van der Waals surface area contributed by atoms with Gasteiger partial charge in [0.1, 0.15) is 0 Å². The molecule has 15 heavy (non-hydrogen) atoms. The summed E-state index contributed by atoms with van der Waals surface area (Å²) >= 11 is 0. The normalized spacial score (nSPS) is 8.47. The van der Waals surface area contributed by atoms with Crippen molar-refractivity contribution in [2.45, 2.75) is 39.0 Å². The fourth-order valence-electron chi connectivity index (χ4n) is 0.745. The zero-order valence-corrected chi connectivity index (χ0v) is 8.95. The Morgan fingerprint density at radius 2 is 1.67 bits per heavy atom. The molecule has 0 aliphatic rings. The highest BCUT2D eigenvalue weighted by molar-refractivity contribution is 5.72. The van der Waals surface area contributed by atoms with Gasteiger partial charge in [0.25, 0.3) is 0 Å². The van der Waals surface area contributed by atoms with Crippen molar-refractivity contribution in [1.82, 2.24) is 10.9 Å². The highest BCUT2D eigenvalue weighted by Gasteiger charge is 1.93. The second-order valence-electron chi connectivity index (χ2n) is 2.82. The predicted octanol–water partition coefficient (Wildman–Crippen LogP) is 0.0744. The molecule has 0 radical (unpaired) electrons. The van der Waals surface area contributed by atoms with Gasteiger partial charge in [-0.3, -0.25) is 15.6 Å². The van der Waals surface area contributed by atoms with Gasteiger partial charge in [0.2, 0.25) is 0 Å². The van der Waals surface area contributed by atoms with E-state index in [4.69, 9.17) is 5.11 Å². The lowest BCUT2D eigenvalue weighted by atomic mass is 10.2. The molecule has 0 heterocycles. The summed E-state index contributed by atoms with van der Waals surface area (Å²) in [7, 11) is 0. The Morgan fingerprint density at radius 3 is 1.93 bits per heavy atom. The van der Waals surface area contributed by atoms with E-state index in [1.807, 2.05) is 0 Å². The van der Waals surface area contributed by atoms with Crippen LogP contribution in [0.25, 0.3) is 0 Å². The van der Waals surface area contributed by atoms with Gasteiger partial charge in [0.15, 0.2) is 0 Å². The van der Waals surface area contributed by atoms with Crippen LogP contribution in [-0.4, -0.2) is 17.1 Å². The lowest BCUT2D eigenvalue weighted by Crippen LogP contribution is -2.43. The molecule has 7 N–H and O–H groups in total. The zero-order chi connectivity index (χ0) is 12.1. The molecule has 0 unspecified atom stereocenters. The second-order valence-corrected chi connectivity index (χ2v) is 2.82. The minimum atomic E-state index is -0.675. The summed E-state index contributed by atoms with van der Waals surface area (Å²) in [5.74, 6) is 8.41. The van der Waals surface area contributed by atoms with E-state index in [-0.39, 0.29) is 0 Å². The second kappa shape index (κ2) is 12.7. The number of rotatable bonds is 5. The van der Waals surface area contributed by atoms with Gasteiger partial charge in [0.05, 0.1) is 0 Å². The lowest BCUT2D eigenvalue weighted by Gasteiger charge is -1.92. The van der Waals surface area contributed by atoms with Gasteiger partial charge < -0.3 is 5.11 Å². The number of carbonyl (C=O) groups is 2. The molecule has 0 saturated heterocycles. The van der Waals surface area contributed by atoms with Crippen LogP contribution < -0.4 is 22.5 Å². The molecule has 7 nitrogen and oxygen atoms in total. The summed E-state index contributed by atoms with van der Waals surface area (Å²) in [5.41, 5.74) is 3.48. The average Bonchev–Trinajstić information content (AvgIpc) is 2.24. The third-order valence-corrected chi connectivity index (χ3v) is 1.51. The number of aliphatic carboxylic acids is 1. The van der Waals surface area contributed by atoms with Crippen LogP contribution in [0.5, 0.6) is 0 Å². The number of hydrogen-bond acceptors (Lipinski definition) is 4. The first-order chi connectivity index (χ1) is 7.08. The van der Waals surface area contributed by atoms with Crippen molar-refractivity contribution in [3.63, 3.8) is 0 Å². The molecule has 0 atom stereocenters. The van der Waals surface area contributed by atoms with Crippen molar-refractivity contribution >= 4 is 12.0 Å². The Morgan fingerprint density at radius 1 is 1.13 bits per heavy atom. The third-order valence-electron chi connectivity index (χ3n) is 1.51. The van der Waals surface area contributed by atoms with Crippen LogP contribution in [-0.2, 0) is 4.79 Å². The van der Waals surface area contributed by atoms with Crippen LogP contribution in [0.15, 0.2) is 0 Å². The Labute approximate surface area is 89.1 Å². The number of urea groups is 1. The maximum Gasteiger partial charge on any atom is 0.343 e. The predicted molar refractivity (Wildman–Crippen MR) is 56.4 cm³/mol. The van der Waals surface area contributed by atoms with Gasteiger partial charge in [-0.05, 0) is 6.42 Å². The number of hydrazine groups is 2. The molecule has 0 bridgehead atoms. The number of carboxylic acids is 1.